The normalized spacial score (nSPS) is 25.2. The van der Waals surface area contributed by atoms with Crippen molar-refractivity contribution in [3.05, 3.63) is 29.8 Å². The Morgan fingerprint density at radius 3 is 2.57 bits per heavy atom. The van der Waals surface area contributed by atoms with E-state index in [1.165, 1.54) is 63.6 Å². The number of rotatable bonds is 3. The number of hydrogen-bond donors (Lipinski definition) is 0. The van der Waals surface area contributed by atoms with Gasteiger partial charge in [0.1, 0.15) is 0 Å². The second-order valence-electron chi connectivity index (χ2n) is 7.19. The quantitative estimate of drug-likeness (QED) is 0.509. The van der Waals surface area contributed by atoms with Crippen LogP contribution in [0.3, 0.4) is 0 Å². The van der Waals surface area contributed by atoms with Gasteiger partial charge in [0.15, 0.2) is 0 Å². The first-order valence-corrected chi connectivity index (χ1v) is 9.77. The third-order valence-electron chi connectivity index (χ3n) is 5.62. The van der Waals surface area contributed by atoms with E-state index in [0.29, 0.717) is 11.5 Å². The molecule has 1 aliphatic heterocycles. The molecule has 0 amide bonds. The van der Waals surface area contributed by atoms with Gasteiger partial charge >= 0.3 is 0 Å². The van der Waals surface area contributed by atoms with Crippen molar-refractivity contribution < 1.29 is 0 Å². The molecule has 1 heterocycles. The first kappa shape index (κ1) is 15.4. The zero-order valence-corrected chi connectivity index (χ0v) is 14.9. The van der Waals surface area contributed by atoms with Gasteiger partial charge in [-0.3, -0.25) is 0 Å². The van der Waals surface area contributed by atoms with Crippen LogP contribution in [0.2, 0.25) is 0 Å². The van der Waals surface area contributed by atoms with Crippen molar-refractivity contribution in [1.29, 1.82) is 0 Å². The fraction of sp³-hybridized carbons (Fsp3) is 0.684. The summed E-state index contributed by atoms with van der Waals surface area (Å²) in [6.07, 6.45) is 11.0. The van der Waals surface area contributed by atoms with Gasteiger partial charge in [0, 0.05) is 23.6 Å². The summed E-state index contributed by atoms with van der Waals surface area (Å²) in [5.41, 5.74) is 3.53. The molecule has 1 aromatic rings. The molecule has 1 atom stereocenters. The molecule has 1 aliphatic carbocycles. The first-order chi connectivity index (χ1) is 10.2. The van der Waals surface area contributed by atoms with Gasteiger partial charge in [0.2, 0.25) is 0 Å². The van der Waals surface area contributed by atoms with E-state index in [-0.39, 0.29) is 0 Å². The Labute approximate surface area is 138 Å². The van der Waals surface area contributed by atoms with Crippen molar-refractivity contribution in [2.24, 2.45) is 5.41 Å². The minimum absolute atomic E-state index is 0.481. The van der Waals surface area contributed by atoms with E-state index >= 15 is 0 Å². The molecule has 21 heavy (non-hydrogen) atoms. The highest BCUT2D eigenvalue weighted by Crippen LogP contribution is 2.41. The zero-order chi connectivity index (χ0) is 14.7. The zero-order valence-electron chi connectivity index (χ0n) is 13.3. The average molecular weight is 350 g/mol. The van der Waals surface area contributed by atoms with Crippen LogP contribution in [0.1, 0.15) is 57.4 Å². The summed E-state index contributed by atoms with van der Waals surface area (Å²) >= 11 is 3.86. The summed E-state index contributed by atoms with van der Waals surface area (Å²) in [5, 5.41) is 1.16. The number of anilines is 1. The summed E-state index contributed by atoms with van der Waals surface area (Å²) in [5.74, 6) is 0. The largest absolute Gasteiger partial charge is 0.368 e. The Bertz CT molecular complexity index is 462. The number of halogens is 1. The molecule has 116 valence electrons. The Morgan fingerprint density at radius 2 is 1.86 bits per heavy atom. The van der Waals surface area contributed by atoms with E-state index < -0.39 is 0 Å². The minimum atomic E-state index is 0.481. The first-order valence-electron chi connectivity index (χ1n) is 8.65. The molecule has 2 heteroatoms. The van der Waals surface area contributed by atoms with Crippen LogP contribution in [0.4, 0.5) is 5.69 Å². The molecule has 1 nitrogen and oxygen atoms in total. The standard InChI is InChI=1S/C19H28BrN/c1-16-10-11-17-8-4-5-9-18(17)21(16)15-19(14-20)12-6-2-3-7-13-19/h4-5,8-9,16H,2-3,6-7,10-15H2,1H3. The maximum atomic E-state index is 3.86. The van der Waals surface area contributed by atoms with Gasteiger partial charge in [-0.15, -0.1) is 0 Å². The molecule has 1 aromatic carbocycles. The maximum absolute atomic E-state index is 3.86. The summed E-state index contributed by atoms with van der Waals surface area (Å²) in [6, 6.07) is 9.74. The van der Waals surface area contributed by atoms with Crippen LogP contribution in [-0.4, -0.2) is 17.9 Å². The number of alkyl halides is 1. The lowest BCUT2D eigenvalue weighted by molar-refractivity contribution is 0.280. The molecule has 0 radical (unpaired) electrons. The fourth-order valence-corrected chi connectivity index (χ4v) is 4.91. The van der Waals surface area contributed by atoms with Crippen molar-refractivity contribution in [3.8, 4) is 0 Å². The number of benzene rings is 1. The predicted molar refractivity (Wildman–Crippen MR) is 95.5 cm³/mol. The van der Waals surface area contributed by atoms with Gasteiger partial charge in [-0.2, -0.15) is 0 Å². The molecule has 0 aromatic heterocycles. The van der Waals surface area contributed by atoms with Gasteiger partial charge in [0.25, 0.3) is 0 Å². The fourth-order valence-electron chi connectivity index (χ4n) is 4.18. The van der Waals surface area contributed by atoms with E-state index in [1.807, 2.05) is 0 Å². The lowest BCUT2D eigenvalue weighted by Gasteiger charge is -2.44. The number of hydrogen-bond acceptors (Lipinski definition) is 1. The number of nitrogens with zero attached hydrogens (tertiary/aromatic N) is 1. The lowest BCUT2D eigenvalue weighted by atomic mass is 9.80. The highest BCUT2D eigenvalue weighted by molar-refractivity contribution is 9.09. The van der Waals surface area contributed by atoms with E-state index in [9.17, 15) is 0 Å². The topological polar surface area (TPSA) is 3.24 Å². The van der Waals surface area contributed by atoms with Crippen molar-refractivity contribution in [2.45, 2.75) is 64.3 Å². The molecule has 0 bridgehead atoms. The van der Waals surface area contributed by atoms with Crippen molar-refractivity contribution in [1.82, 2.24) is 0 Å². The van der Waals surface area contributed by atoms with E-state index in [2.05, 4.69) is 52.0 Å². The third kappa shape index (κ3) is 3.31. The van der Waals surface area contributed by atoms with Gasteiger partial charge in [0.05, 0.1) is 0 Å². The molecule has 3 rings (SSSR count). The Kier molecular flexibility index (Phi) is 4.93. The maximum Gasteiger partial charge on any atom is 0.0401 e. The van der Waals surface area contributed by atoms with Crippen molar-refractivity contribution in [2.75, 3.05) is 16.8 Å². The van der Waals surface area contributed by atoms with Crippen LogP contribution >= 0.6 is 15.9 Å². The molecular weight excluding hydrogens is 322 g/mol. The highest BCUT2D eigenvalue weighted by Gasteiger charge is 2.35. The van der Waals surface area contributed by atoms with Gasteiger partial charge < -0.3 is 4.90 Å². The second kappa shape index (κ2) is 6.73. The average Bonchev–Trinajstić information content (AvgIpc) is 2.76. The molecule has 2 aliphatic rings. The van der Waals surface area contributed by atoms with Crippen LogP contribution in [-0.2, 0) is 6.42 Å². The number of para-hydroxylation sites is 1. The number of aryl methyl sites for hydroxylation is 1. The summed E-state index contributed by atoms with van der Waals surface area (Å²) in [6.45, 7) is 3.64. The summed E-state index contributed by atoms with van der Waals surface area (Å²) in [4.78, 5) is 2.71. The minimum Gasteiger partial charge on any atom is -0.368 e. The smallest absolute Gasteiger partial charge is 0.0401 e. The SMILES string of the molecule is CC1CCc2ccccc2N1CC1(CBr)CCCCCC1. The predicted octanol–water partition coefficient (Wildman–Crippen LogP) is 5.56. The van der Waals surface area contributed by atoms with E-state index in [4.69, 9.17) is 0 Å². The van der Waals surface area contributed by atoms with Crippen LogP contribution < -0.4 is 4.90 Å². The molecular formula is C19H28BrN. The summed E-state index contributed by atoms with van der Waals surface area (Å²) in [7, 11) is 0. The van der Waals surface area contributed by atoms with Crippen LogP contribution in [0.5, 0.6) is 0 Å². The molecule has 0 N–H and O–H groups in total. The second-order valence-corrected chi connectivity index (χ2v) is 7.75. The molecule has 1 unspecified atom stereocenters. The van der Waals surface area contributed by atoms with Gasteiger partial charge in [-0.1, -0.05) is 59.8 Å². The van der Waals surface area contributed by atoms with E-state index in [0.717, 1.165) is 5.33 Å². The third-order valence-corrected chi connectivity index (χ3v) is 6.81. The van der Waals surface area contributed by atoms with Crippen molar-refractivity contribution in [3.63, 3.8) is 0 Å². The Balaban J connectivity index is 1.85. The highest BCUT2D eigenvalue weighted by atomic mass is 79.9. The molecule has 0 spiro atoms. The summed E-state index contributed by atoms with van der Waals surface area (Å²) < 4.78 is 0. The van der Waals surface area contributed by atoms with Crippen LogP contribution in [0.25, 0.3) is 0 Å². The van der Waals surface area contributed by atoms with Gasteiger partial charge in [-0.05, 0) is 49.7 Å². The van der Waals surface area contributed by atoms with Crippen molar-refractivity contribution >= 4 is 21.6 Å². The Morgan fingerprint density at radius 1 is 1.14 bits per heavy atom. The molecule has 1 fully saturated rings. The number of fused-ring (bicyclic) bond motifs is 1. The molecule has 0 saturated heterocycles. The van der Waals surface area contributed by atoms with Gasteiger partial charge in [-0.25, -0.2) is 0 Å². The van der Waals surface area contributed by atoms with E-state index in [1.54, 1.807) is 5.56 Å². The van der Waals surface area contributed by atoms with Crippen LogP contribution in [0.15, 0.2) is 24.3 Å². The molecule has 1 saturated carbocycles. The van der Waals surface area contributed by atoms with Crippen LogP contribution in [0, 0.1) is 5.41 Å². The Hall–Kier alpha value is -0.500. The lowest BCUT2D eigenvalue weighted by Crippen LogP contribution is -2.45. The monoisotopic (exact) mass is 349 g/mol.